The normalized spacial score (nSPS) is 18.2. The highest BCUT2D eigenvalue weighted by molar-refractivity contribution is 5.79. The zero-order valence-electron chi connectivity index (χ0n) is 14.2. The first-order chi connectivity index (χ1) is 11.2. The Morgan fingerprint density at radius 2 is 2.26 bits per heavy atom. The summed E-state index contributed by atoms with van der Waals surface area (Å²) in [6, 6.07) is 4.95. The molecule has 0 radical (unpaired) electrons. The van der Waals surface area contributed by atoms with E-state index in [9.17, 15) is 4.39 Å². The SMILES string of the molecule is CCNC(=NCCC1CCCO1)NCCc1ccc(F)cc1C. The lowest BCUT2D eigenvalue weighted by Gasteiger charge is -2.13. The minimum absolute atomic E-state index is 0.178. The first kappa shape index (κ1) is 17.7. The number of hydrogen-bond donors (Lipinski definition) is 2. The van der Waals surface area contributed by atoms with Gasteiger partial charge in [0.1, 0.15) is 5.82 Å². The molecule has 128 valence electrons. The van der Waals surface area contributed by atoms with Crippen LogP contribution >= 0.6 is 0 Å². The van der Waals surface area contributed by atoms with Crippen molar-refractivity contribution in [3.8, 4) is 0 Å². The highest BCUT2D eigenvalue weighted by Crippen LogP contribution is 2.15. The molecule has 1 aromatic carbocycles. The van der Waals surface area contributed by atoms with Gasteiger partial charge in [-0.15, -0.1) is 0 Å². The van der Waals surface area contributed by atoms with Crippen molar-refractivity contribution in [1.29, 1.82) is 0 Å². The Bertz CT molecular complexity index is 513. The van der Waals surface area contributed by atoms with Gasteiger partial charge in [0, 0.05) is 26.2 Å². The Balaban J connectivity index is 1.76. The van der Waals surface area contributed by atoms with Gasteiger partial charge in [-0.3, -0.25) is 4.99 Å². The van der Waals surface area contributed by atoms with Gasteiger partial charge in [-0.25, -0.2) is 4.39 Å². The molecule has 1 heterocycles. The molecule has 0 aromatic heterocycles. The van der Waals surface area contributed by atoms with Gasteiger partial charge in [-0.05, 0) is 62.8 Å². The van der Waals surface area contributed by atoms with Crippen molar-refractivity contribution in [1.82, 2.24) is 10.6 Å². The second-order valence-corrected chi connectivity index (χ2v) is 5.93. The largest absolute Gasteiger partial charge is 0.378 e. The fraction of sp³-hybridized carbons (Fsp3) is 0.611. The molecule has 0 amide bonds. The number of rotatable bonds is 7. The predicted molar refractivity (Wildman–Crippen MR) is 92.4 cm³/mol. The van der Waals surface area contributed by atoms with Crippen LogP contribution in [0.3, 0.4) is 0 Å². The van der Waals surface area contributed by atoms with Crippen LogP contribution in [0.25, 0.3) is 0 Å². The third-order valence-electron chi connectivity index (χ3n) is 4.08. The van der Waals surface area contributed by atoms with Gasteiger partial charge in [0.05, 0.1) is 6.10 Å². The van der Waals surface area contributed by atoms with Crippen LogP contribution in [0.15, 0.2) is 23.2 Å². The summed E-state index contributed by atoms with van der Waals surface area (Å²) in [5.74, 6) is 0.661. The number of ether oxygens (including phenoxy) is 1. The molecule has 5 heteroatoms. The van der Waals surface area contributed by atoms with E-state index in [1.807, 2.05) is 13.0 Å². The van der Waals surface area contributed by atoms with Gasteiger partial charge in [-0.2, -0.15) is 0 Å². The van der Waals surface area contributed by atoms with Gasteiger partial charge in [0.25, 0.3) is 0 Å². The van der Waals surface area contributed by atoms with E-state index in [-0.39, 0.29) is 5.82 Å². The van der Waals surface area contributed by atoms with E-state index < -0.39 is 0 Å². The topological polar surface area (TPSA) is 45.7 Å². The molecule has 23 heavy (non-hydrogen) atoms. The van der Waals surface area contributed by atoms with E-state index in [0.717, 1.165) is 62.6 Å². The third kappa shape index (κ3) is 6.18. The van der Waals surface area contributed by atoms with Crippen LogP contribution in [0.4, 0.5) is 4.39 Å². The molecule has 1 aliphatic rings. The Morgan fingerprint density at radius 1 is 1.39 bits per heavy atom. The van der Waals surface area contributed by atoms with E-state index in [0.29, 0.717) is 6.10 Å². The van der Waals surface area contributed by atoms with E-state index in [2.05, 4.69) is 22.5 Å². The number of guanidine groups is 1. The van der Waals surface area contributed by atoms with Gasteiger partial charge in [-0.1, -0.05) is 6.07 Å². The summed E-state index contributed by atoms with van der Waals surface area (Å²) < 4.78 is 18.7. The van der Waals surface area contributed by atoms with Crippen molar-refractivity contribution >= 4 is 5.96 Å². The number of benzene rings is 1. The maximum atomic E-state index is 13.1. The molecule has 1 aliphatic heterocycles. The fourth-order valence-corrected chi connectivity index (χ4v) is 2.79. The van der Waals surface area contributed by atoms with Crippen LogP contribution in [0, 0.1) is 12.7 Å². The van der Waals surface area contributed by atoms with Crippen LogP contribution in [-0.4, -0.2) is 38.3 Å². The van der Waals surface area contributed by atoms with Crippen molar-refractivity contribution in [3.05, 3.63) is 35.1 Å². The smallest absolute Gasteiger partial charge is 0.191 e. The molecule has 0 spiro atoms. The lowest BCUT2D eigenvalue weighted by molar-refractivity contribution is 0.106. The average molecular weight is 321 g/mol. The van der Waals surface area contributed by atoms with Crippen molar-refractivity contribution in [2.24, 2.45) is 4.99 Å². The average Bonchev–Trinajstić information content (AvgIpc) is 3.03. The van der Waals surface area contributed by atoms with Gasteiger partial charge < -0.3 is 15.4 Å². The van der Waals surface area contributed by atoms with E-state index in [1.165, 1.54) is 12.5 Å². The van der Waals surface area contributed by atoms with E-state index in [4.69, 9.17) is 4.74 Å². The van der Waals surface area contributed by atoms with Crippen LogP contribution in [0.2, 0.25) is 0 Å². The molecule has 0 saturated carbocycles. The minimum Gasteiger partial charge on any atom is -0.378 e. The van der Waals surface area contributed by atoms with Gasteiger partial charge in [0.2, 0.25) is 0 Å². The lowest BCUT2D eigenvalue weighted by Crippen LogP contribution is -2.38. The molecule has 1 atom stereocenters. The maximum absolute atomic E-state index is 13.1. The summed E-state index contributed by atoms with van der Waals surface area (Å²) in [6.45, 7) is 7.28. The molecule has 2 N–H and O–H groups in total. The molecule has 4 nitrogen and oxygen atoms in total. The van der Waals surface area contributed by atoms with Crippen molar-refractivity contribution in [2.45, 2.75) is 45.6 Å². The quantitative estimate of drug-likeness (QED) is 0.600. The Morgan fingerprint density at radius 3 is 2.96 bits per heavy atom. The van der Waals surface area contributed by atoms with E-state index >= 15 is 0 Å². The van der Waals surface area contributed by atoms with Crippen LogP contribution in [-0.2, 0) is 11.2 Å². The van der Waals surface area contributed by atoms with Crippen molar-refractivity contribution in [2.75, 3.05) is 26.2 Å². The molecular formula is C18H28FN3O. The first-order valence-corrected chi connectivity index (χ1v) is 8.58. The standard InChI is InChI=1S/C18H28FN3O/c1-3-20-18(22-11-9-17-5-4-12-23-17)21-10-8-15-6-7-16(19)13-14(15)2/h6-7,13,17H,3-5,8-12H2,1-2H3,(H2,20,21,22). The minimum atomic E-state index is -0.178. The molecule has 1 saturated heterocycles. The number of aryl methyl sites for hydroxylation is 1. The summed E-state index contributed by atoms with van der Waals surface area (Å²) in [7, 11) is 0. The summed E-state index contributed by atoms with van der Waals surface area (Å²) in [4.78, 5) is 4.60. The first-order valence-electron chi connectivity index (χ1n) is 8.58. The van der Waals surface area contributed by atoms with Crippen molar-refractivity contribution < 1.29 is 9.13 Å². The number of nitrogens with one attached hydrogen (secondary N) is 2. The zero-order valence-corrected chi connectivity index (χ0v) is 14.2. The number of nitrogens with zero attached hydrogens (tertiary/aromatic N) is 1. The summed E-state index contributed by atoms with van der Waals surface area (Å²) in [5.41, 5.74) is 2.15. The van der Waals surface area contributed by atoms with Crippen LogP contribution in [0.5, 0.6) is 0 Å². The molecule has 0 bridgehead atoms. The Kier molecular flexibility index (Phi) is 7.33. The summed E-state index contributed by atoms with van der Waals surface area (Å²) in [6.07, 6.45) is 4.53. The monoisotopic (exact) mass is 321 g/mol. The number of halogens is 1. The predicted octanol–water partition coefficient (Wildman–Crippen LogP) is 2.80. The summed E-state index contributed by atoms with van der Waals surface area (Å²) in [5, 5.41) is 6.60. The molecular weight excluding hydrogens is 293 g/mol. The third-order valence-corrected chi connectivity index (χ3v) is 4.08. The molecule has 1 unspecified atom stereocenters. The number of hydrogen-bond acceptors (Lipinski definition) is 2. The highest BCUT2D eigenvalue weighted by Gasteiger charge is 2.14. The van der Waals surface area contributed by atoms with Crippen LogP contribution in [0.1, 0.15) is 37.3 Å². The number of aliphatic imine (C=N–C) groups is 1. The maximum Gasteiger partial charge on any atom is 0.191 e. The van der Waals surface area contributed by atoms with Crippen molar-refractivity contribution in [3.63, 3.8) is 0 Å². The second kappa shape index (κ2) is 9.50. The fourth-order valence-electron chi connectivity index (χ4n) is 2.79. The van der Waals surface area contributed by atoms with Gasteiger partial charge >= 0.3 is 0 Å². The lowest BCUT2D eigenvalue weighted by atomic mass is 10.1. The molecule has 1 fully saturated rings. The summed E-state index contributed by atoms with van der Waals surface area (Å²) >= 11 is 0. The highest BCUT2D eigenvalue weighted by atomic mass is 19.1. The van der Waals surface area contributed by atoms with Crippen LogP contribution < -0.4 is 10.6 Å². The molecule has 0 aliphatic carbocycles. The second-order valence-electron chi connectivity index (χ2n) is 5.93. The zero-order chi connectivity index (χ0) is 16.5. The van der Waals surface area contributed by atoms with E-state index in [1.54, 1.807) is 6.07 Å². The molecule has 2 rings (SSSR count). The van der Waals surface area contributed by atoms with Gasteiger partial charge in [0.15, 0.2) is 5.96 Å². The molecule has 1 aromatic rings. The Hall–Kier alpha value is -1.62. The Labute approximate surface area is 138 Å².